The van der Waals surface area contributed by atoms with Crippen LogP contribution in [-0.4, -0.2) is 20.7 Å². The van der Waals surface area contributed by atoms with Gasteiger partial charge in [0.05, 0.1) is 17.1 Å². The van der Waals surface area contributed by atoms with E-state index in [0.29, 0.717) is 10.8 Å². The maximum Gasteiger partial charge on any atom is 0.274 e. The molecule has 0 spiro atoms. The zero-order valence-corrected chi connectivity index (χ0v) is 11.1. The number of hydrogen-bond donors (Lipinski definition) is 1. The van der Waals surface area contributed by atoms with Gasteiger partial charge in [0, 0.05) is 7.05 Å². The Bertz CT molecular complexity index is 606. The van der Waals surface area contributed by atoms with Crippen LogP contribution >= 0.6 is 11.6 Å². The van der Waals surface area contributed by atoms with Gasteiger partial charge in [-0.2, -0.15) is 5.10 Å². The maximum absolute atomic E-state index is 12.0. The molecule has 6 heteroatoms. The third-order valence-electron chi connectivity index (χ3n) is 2.70. The third kappa shape index (κ3) is 2.36. The lowest BCUT2D eigenvalue weighted by Crippen LogP contribution is -2.14. The molecule has 18 heavy (non-hydrogen) atoms. The number of nitrogens with one attached hydrogen (secondary N) is 1. The molecule has 0 aliphatic carbocycles. The molecule has 0 aliphatic heterocycles. The monoisotopic (exact) mass is 264 g/mol. The molecule has 2 rings (SSSR count). The summed E-state index contributed by atoms with van der Waals surface area (Å²) in [5, 5.41) is 7.32. The minimum absolute atomic E-state index is 0.283. The normalized spacial score (nSPS) is 10.4. The van der Waals surface area contributed by atoms with Crippen molar-refractivity contribution in [1.29, 1.82) is 0 Å². The van der Waals surface area contributed by atoms with Gasteiger partial charge in [-0.3, -0.25) is 9.48 Å². The SMILES string of the molecule is Cc1nn(C)c(C)c1NC(=O)c1cccc(Cl)n1. The first kappa shape index (κ1) is 12.6. The molecule has 0 bridgehead atoms. The van der Waals surface area contributed by atoms with Gasteiger partial charge in [-0.25, -0.2) is 4.98 Å². The van der Waals surface area contributed by atoms with Crippen molar-refractivity contribution in [2.45, 2.75) is 13.8 Å². The van der Waals surface area contributed by atoms with Crippen molar-refractivity contribution >= 4 is 23.2 Å². The quantitative estimate of drug-likeness (QED) is 0.847. The second-order valence-corrected chi connectivity index (χ2v) is 4.36. The fourth-order valence-corrected chi connectivity index (χ4v) is 1.83. The number of halogens is 1. The number of hydrogen-bond acceptors (Lipinski definition) is 3. The fraction of sp³-hybridized carbons (Fsp3) is 0.250. The molecule has 0 aliphatic rings. The zero-order chi connectivity index (χ0) is 13.3. The van der Waals surface area contributed by atoms with Crippen LogP contribution in [0.25, 0.3) is 0 Å². The molecule has 0 atom stereocenters. The molecule has 2 heterocycles. The van der Waals surface area contributed by atoms with Crippen LogP contribution in [0.1, 0.15) is 21.9 Å². The Morgan fingerprint density at radius 1 is 1.39 bits per heavy atom. The summed E-state index contributed by atoms with van der Waals surface area (Å²) in [7, 11) is 1.83. The van der Waals surface area contributed by atoms with E-state index in [1.165, 1.54) is 0 Å². The Kier molecular flexibility index (Phi) is 3.34. The summed E-state index contributed by atoms with van der Waals surface area (Å²) in [6.07, 6.45) is 0. The maximum atomic E-state index is 12.0. The summed E-state index contributed by atoms with van der Waals surface area (Å²) in [6, 6.07) is 4.92. The Hall–Kier alpha value is -1.88. The van der Waals surface area contributed by atoms with E-state index in [9.17, 15) is 4.79 Å². The average Bonchev–Trinajstić information content (AvgIpc) is 2.56. The van der Waals surface area contributed by atoms with E-state index < -0.39 is 0 Å². The van der Waals surface area contributed by atoms with Gasteiger partial charge in [-0.15, -0.1) is 0 Å². The van der Waals surface area contributed by atoms with E-state index in [-0.39, 0.29) is 11.6 Å². The summed E-state index contributed by atoms with van der Waals surface area (Å²) in [6.45, 7) is 3.73. The van der Waals surface area contributed by atoms with Crippen LogP contribution in [0, 0.1) is 13.8 Å². The molecule has 0 fully saturated rings. The Labute approximate surface area is 110 Å². The summed E-state index contributed by atoms with van der Waals surface area (Å²) in [4.78, 5) is 16.0. The Morgan fingerprint density at radius 3 is 2.67 bits per heavy atom. The molecule has 2 aromatic rings. The lowest BCUT2D eigenvalue weighted by molar-refractivity contribution is 0.102. The summed E-state index contributed by atoms with van der Waals surface area (Å²) >= 11 is 5.75. The number of carbonyl (C=O) groups is 1. The van der Waals surface area contributed by atoms with E-state index in [1.54, 1.807) is 22.9 Å². The van der Waals surface area contributed by atoms with Crippen molar-refractivity contribution in [2.75, 3.05) is 5.32 Å². The molecule has 0 saturated heterocycles. The second-order valence-electron chi connectivity index (χ2n) is 3.97. The van der Waals surface area contributed by atoms with Crippen LogP contribution in [0.4, 0.5) is 5.69 Å². The predicted molar refractivity (Wildman–Crippen MR) is 69.9 cm³/mol. The van der Waals surface area contributed by atoms with Gasteiger partial charge >= 0.3 is 0 Å². The Balaban J connectivity index is 2.27. The molecule has 0 aromatic carbocycles. The van der Waals surface area contributed by atoms with Gasteiger partial charge in [-0.05, 0) is 26.0 Å². The highest BCUT2D eigenvalue weighted by Crippen LogP contribution is 2.19. The highest BCUT2D eigenvalue weighted by molar-refractivity contribution is 6.29. The molecular formula is C12H13ClN4O. The highest BCUT2D eigenvalue weighted by Gasteiger charge is 2.14. The van der Waals surface area contributed by atoms with Crippen molar-refractivity contribution in [3.8, 4) is 0 Å². The van der Waals surface area contributed by atoms with E-state index >= 15 is 0 Å². The number of carbonyl (C=O) groups excluding carboxylic acids is 1. The lowest BCUT2D eigenvalue weighted by Gasteiger charge is -2.05. The number of aromatic nitrogens is 3. The summed E-state index contributed by atoms with van der Waals surface area (Å²) in [5.41, 5.74) is 2.66. The van der Waals surface area contributed by atoms with E-state index in [0.717, 1.165) is 11.4 Å². The first-order valence-electron chi connectivity index (χ1n) is 5.43. The highest BCUT2D eigenvalue weighted by atomic mass is 35.5. The Morgan fingerprint density at radius 2 is 2.11 bits per heavy atom. The van der Waals surface area contributed by atoms with E-state index in [1.807, 2.05) is 20.9 Å². The summed E-state index contributed by atoms with van der Waals surface area (Å²) < 4.78 is 1.72. The van der Waals surface area contributed by atoms with E-state index in [2.05, 4.69) is 15.4 Å². The van der Waals surface area contributed by atoms with Crippen LogP contribution in [-0.2, 0) is 7.05 Å². The molecule has 1 amide bonds. The third-order valence-corrected chi connectivity index (χ3v) is 2.91. The molecule has 1 N–H and O–H groups in total. The number of pyridine rings is 1. The first-order valence-corrected chi connectivity index (χ1v) is 5.81. The molecule has 5 nitrogen and oxygen atoms in total. The van der Waals surface area contributed by atoms with Crippen molar-refractivity contribution in [3.05, 3.63) is 40.4 Å². The minimum Gasteiger partial charge on any atom is -0.317 e. The van der Waals surface area contributed by atoms with Gasteiger partial charge in [0.25, 0.3) is 5.91 Å². The van der Waals surface area contributed by atoms with Crippen molar-refractivity contribution in [3.63, 3.8) is 0 Å². The molecule has 0 saturated carbocycles. The fourth-order valence-electron chi connectivity index (χ4n) is 1.67. The number of anilines is 1. The van der Waals surface area contributed by atoms with Crippen LogP contribution in [0.3, 0.4) is 0 Å². The number of nitrogens with zero attached hydrogens (tertiary/aromatic N) is 3. The lowest BCUT2D eigenvalue weighted by atomic mass is 10.3. The number of amides is 1. The molecule has 94 valence electrons. The van der Waals surface area contributed by atoms with Crippen LogP contribution in [0.15, 0.2) is 18.2 Å². The molecule has 0 unspecified atom stereocenters. The second kappa shape index (κ2) is 4.78. The minimum atomic E-state index is -0.295. The van der Waals surface area contributed by atoms with Crippen LogP contribution in [0.5, 0.6) is 0 Å². The topological polar surface area (TPSA) is 59.8 Å². The van der Waals surface area contributed by atoms with Gasteiger partial charge in [0.1, 0.15) is 10.8 Å². The number of rotatable bonds is 2. The standard InChI is InChI=1S/C12H13ClN4O/c1-7-11(8(2)17(3)16-7)15-12(18)9-5-4-6-10(13)14-9/h4-6H,1-3H3,(H,15,18). The largest absolute Gasteiger partial charge is 0.317 e. The van der Waals surface area contributed by atoms with Gasteiger partial charge < -0.3 is 5.32 Å². The first-order chi connectivity index (χ1) is 8.49. The van der Waals surface area contributed by atoms with E-state index in [4.69, 9.17) is 11.6 Å². The molecule has 2 aromatic heterocycles. The summed E-state index contributed by atoms with van der Waals surface area (Å²) in [5.74, 6) is -0.295. The molecule has 0 radical (unpaired) electrons. The van der Waals surface area contributed by atoms with Gasteiger partial charge in [0.15, 0.2) is 0 Å². The van der Waals surface area contributed by atoms with Crippen molar-refractivity contribution in [1.82, 2.24) is 14.8 Å². The average molecular weight is 265 g/mol. The zero-order valence-electron chi connectivity index (χ0n) is 10.4. The molecular weight excluding hydrogens is 252 g/mol. The smallest absolute Gasteiger partial charge is 0.274 e. The van der Waals surface area contributed by atoms with Gasteiger partial charge in [-0.1, -0.05) is 17.7 Å². The van der Waals surface area contributed by atoms with Crippen LogP contribution in [0.2, 0.25) is 5.15 Å². The van der Waals surface area contributed by atoms with Gasteiger partial charge in [0.2, 0.25) is 0 Å². The number of aryl methyl sites for hydroxylation is 2. The van der Waals surface area contributed by atoms with Crippen LogP contribution < -0.4 is 5.32 Å². The predicted octanol–water partition coefficient (Wildman–Crippen LogP) is 2.34. The van der Waals surface area contributed by atoms with Crippen molar-refractivity contribution in [2.24, 2.45) is 7.05 Å². The van der Waals surface area contributed by atoms with Crippen molar-refractivity contribution < 1.29 is 4.79 Å².